The minimum Gasteiger partial charge on any atom is -0.492 e. The Bertz CT molecular complexity index is 748. The summed E-state index contributed by atoms with van der Waals surface area (Å²) in [6, 6.07) is 14.8. The van der Waals surface area contributed by atoms with Crippen molar-refractivity contribution in [2.45, 2.75) is 51.9 Å². The summed E-state index contributed by atoms with van der Waals surface area (Å²) < 4.78 is 6.74. The lowest BCUT2D eigenvalue weighted by Crippen LogP contribution is -2.17. The maximum atomic E-state index is 11.9. The topological polar surface area (TPSA) is 50.7 Å². The second-order valence-corrected chi connectivity index (χ2v) is 7.58. The quantitative estimate of drug-likeness (QED) is 0.235. The average Bonchev–Trinajstić information content (AvgIpc) is 2.72. The molecule has 0 radical (unpaired) electrons. The molecule has 0 bridgehead atoms. The molecular weight excluding hydrogens is 416 g/mol. The summed E-state index contributed by atoms with van der Waals surface area (Å²) in [5.41, 5.74) is 3.99. The zero-order chi connectivity index (χ0) is 20.0. The van der Waals surface area contributed by atoms with Gasteiger partial charge in [-0.3, -0.25) is 4.79 Å². The van der Waals surface area contributed by atoms with E-state index in [0.29, 0.717) is 5.56 Å². The van der Waals surface area contributed by atoms with Gasteiger partial charge in [-0.25, -0.2) is 5.43 Å². The van der Waals surface area contributed by atoms with E-state index >= 15 is 0 Å². The molecule has 0 aliphatic heterocycles. The van der Waals surface area contributed by atoms with Gasteiger partial charge in [0.25, 0.3) is 5.91 Å². The van der Waals surface area contributed by atoms with Crippen molar-refractivity contribution < 1.29 is 9.53 Å². The van der Waals surface area contributed by atoms with Crippen LogP contribution in [-0.2, 0) is 0 Å². The number of nitrogens with one attached hydrogen (secondary N) is 1. The van der Waals surface area contributed by atoms with Crippen molar-refractivity contribution >= 4 is 28.1 Å². The molecule has 0 saturated carbocycles. The van der Waals surface area contributed by atoms with Crippen molar-refractivity contribution in [2.24, 2.45) is 5.10 Å². The molecule has 0 saturated heterocycles. The van der Waals surface area contributed by atoms with E-state index in [4.69, 9.17) is 4.74 Å². The summed E-state index contributed by atoms with van der Waals surface area (Å²) in [4.78, 5) is 11.9. The van der Waals surface area contributed by atoms with E-state index < -0.39 is 0 Å². The number of benzene rings is 2. The molecule has 0 aliphatic carbocycles. The molecule has 2 aromatic carbocycles. The molecule has 0 aromatic heterocycles. The fourth-order valence-corrected chi connectivity index (χ4v) is 3.29. The average molecular weight is 445 g/mol. The molecule has 0 heterocycles. The molecule has 1 amide bonds. The van der Waals surface area contributed by atoms with Gasteiger partial charge in [-0.1, -0.05) is 63.6 Å². The Morgan fingerprint density at radius 3 is 2.46 bits per heavy atom. The summed E-state index contributed by atoms with van der Waals surface area (Å²) in [6.45, 7) is 2.97. The number of amides is 1. The van der Waals surface area contributed by atoms with E-state index in [9.17, 15) is 4.79 Å². The van der Waals surface area contributed by atoms with Gasteiger partial charge in [0, 0.05) is 5.56 Å². The highest BCUT2D eigenvalue weighted by Crippen LogP contribution is 2.25. The highest BCUT2D eigenvalue weighted by atomic mass is 79.9. The number of hydrazone groups is 1. The van der Waals surface area contributed by atoms with Gasteiger partial charge in [0.1, 0.15) is 5.75 Å². The number of hydrogen-bond donors (Lipinski definition) is 1. The molecule has 0 unspecified atom stereocenters. The van der Waals surface area contributed by atoms with Crippen LogP contribution in [0.1, 0.15) is 67.8 Å². The molecule has 0 atom stereocenters. The number of unbranched alkanes of at least 4 members (excludes halogenated alkanes) is 6. The minimum absolute atomic E-state index is 0.231. The SMILES string of the molecule is CCCCCCCCCOc1ccc(/C=N/NC(=O)c2ccccc2)cc1Br. The van der Waals surface area contributed by atoms with Gasteiger partial charge in [-0.2, -0.15) is 5.10 Å². The third-order valence-corrected chi connectivity index (χ3v) is 5.00. The Labute approximate surface area is 176 Å². The fraction of sp³-hybridized carbons (Fsp3) is 0.391. The van der Waals surface area contributed by atoms with Crippen LogP contribution >= 0.6 is 15.9 Å². The summed E-state index contributed by atoms with van der Waals surface area (Å²) in [7, 11) is 0. The summed E-state index contributed by atoms with van der Waals surface area (Å²) in [5.74, 6) is 0.599. The highest BCUT2D eigenvalue weighted by molar-refractivity contribution is 9.10. The van der Waals surface area contributed by atoms with Crippen LogP contribution in [0.5, 0.6) is 5.75 Å². The Kier molecular flexibility index (Phi) is 10.4. The van der Waals surface area contributed by atoms with E-state index in [1.807, 2.05) is 36.4 Å². The highest BCUT2D eigenvalue weighted by Gasteiger charge is 2.04. The maximum absolute atomic E-state index is 11.9. The monoisotopic (exact) mass is 444 g/mol. The van der Waals surface area contributed by atoms with Crippen LogP contribution in [0.4, 0.5) is 0 Å². The predicted molar refractivity (Wildman–Crippen MR) is 119 cm³/mol. The molecule has 4 nitrogen and oxygen atoms in total. The van der Waals surface area contributed by atoms with Crippen molar-refractivity contribution in [1.82, 2.24) is 5.43 Å². The minimum atomic E-state index is -0.231. The Morgan fingerprint density at radius 1 is 1.04 bits per heavy atom. The van der Waals surface area contributed by atoms with E-state index in [2.05, 4.69) is 33.4 Å². The zero-order valence-electron chi connectivity index (χ0n) is 16.5. The molecule has 150 valence electrons. The van der Waals surface area contributed by atoms with Gasteiger partial charge in [-0.15, -0.1) is 0 Å². The predicted octanol–water partition coefficient (Wildman–Crippen LogP) is 6.34. The van der Waals surface area contributed by atoms with Gasteiger partial charge in [-0.05, 0) is 58.2 Å². The number of hydrogen-bond acceptors (Lipinski definition) is 3. The standard InChI is InChI=1S/C23H29BrN2O2/c1-2-3-4-5-6-7-11-16-28-22-15-14-19(17-21(22)24)18-25-26-23(27)20-12-9-8-10-13-20/h8-10,12-15,17-18H,2-7,11,16H2,1H3,(H,26,27)/b25-18+. The molecule has 28 heavy (non-hydrogen) atoms. The van der Waals surface area contributed by atoms with Crippen LogP contribution in [0.25, 0.3) is 0 Å². The van der Waals surface area contributed by atoms with Gasteiger partial charge >= 0.3 is 0 Å². The fourth-order valence-electron chi connectivity index (χ4n) is 2.78. The molecule has 2 aromatic rings. The number of carbonyl (C=O) groups excluding carboxylic acids is 1. The number of nitrogens with zero attached hydrogens (tertiary/aromatic N) is 1. The number of ether oxygens (including phenoxy) is 1. The van der Waals surface area contributed by atoms with Crippen molar-refractivity contribution in [3.8, 4) is 5.75 Å². The van der Waals surface area contributed by atoms with Crippen molar-refractivity contribution in [3.63, 3.8) is 0 Å². The van der Waals surface area contributed by atoms with E-state index in [-0.39, 0.29) is 5.91 Å². The lowest BCUT2D eigenvalue weighted by atomic mass is 10.1. The summed E-state index contributed by atoms with van der Waals surface area (Å²) in [5, 5.41) is 4.02. The molecule has 5 heteroatoms. The van der Waals surface area contributed by atoms with E-state index in [1.165, 1.54) is 38.5 Å². The Morgan fingerprint density at radius 2 is 1.75 bits per heavy atom. The number of halogens is 1. The Hall–Kier alpha value is -2.14. The van der Waals surface area contributed by atoms with Crippen molar-refractivity contribution in [1.29, 1.82) is 0 Å². The first-order chi connectivity index (χ1) is 13.7. The lowest BCUT2D eigenvalue weighted by molar-refractivity contribution is 0.0955. The third-order valence-electron chi connectivity index (χ3n) is 4.38. The zero-order valence-corrected chi connectivity index (χ0v) is 18.1. The number of rotatable bonds is 12. The van der Waals surface area contributed by atoms with E-state index in [0.717, 1.165) is 28.8 Å². The lowest BCUT2D eigenvalue weighted by Gasteiger charge is -2.09. The normalized spacial score (nSPS) is 10.9. The molecule has 2 rings (SSSR count). The second-order valence-electron chi connectivity index (χ2n) is 6.72. The first-order valence-corrected chi connectivity index (χ1v) is 10.8. The first kappa shape index (κ1) is 22.2. The van der Waals surface area contributed by atoms with Crippen LogP contribution in [0.15, 0.2) is 58.1 Å². The molecule has 0 spiro atoms. The smallest absolute Gasteiger partial charge is 0.271 e. The second kappa shape index (κ2) is 13.1. The van der Waals surface area contributed by atoms with Gasteiger partial charge < -0.3 is 4.74 Å². The largest absolute Gasteiger partial charge is 0.492 e. The van der Waals surface area contributed by atoms with Crippen LogP contribution in [-0.4, -0.2) is 18.7 Å². The summed E-state index contributed by atoms with van der Waals surface area (Å²) >= 11 is 3.54. The van der Waals surface area contributed by atoms with E-state index in [1.54, 1.807) is 18.3 Å². The van der Waals surface area contributed by atoms with Crippen LogP contribution in [0, 0.1) is 0 Å². The van der Waals surface area contributed by atoms with Crippen molar-refractivity contribution in [2.75, 3.05) is 6.61 Å². The number of carbonyl (C=O) groups is 1. The van der Waals surface area contributed by atoms with Gasteiger partial charge in [0.2, 0.25) is 0 Å². The van der Waals surface area contributed by atoms with Crippen LogP contribution in [0.2, 0.25) is 0 Å². The van der Waals surface area contributed by atoms with Gasteiger partial charge in [0.05, 0.1) is 17.3 Å². The molecular formula is C23H29BrN2O2. The first-order valence-electron chi connectivity index (χ1n) is 10.0. The third kappa shape index (κ3) is 8.26. The van der Waals surface area contributed by atoms with Crippen molar-refractivity contribution in [3.05, 3.63) is 64.1 Å². The van der Waals surface area contributed by atoms with Gasteiger partial charge in [0.15, 0.2) is 0 Å². The molecule has 0 aliphatic rings. The van der Waals surface area contributed by atoms with Crippen LogP contribution < -0.4 is 10.2 Å². The Balaban J connectivity index is 1.72. The maximum Gasteiger partial charge on any atom is 0.271 e. The molecule has 0 fully saturated rings. The summed E-state index contributed by atoms with van der Waals surface area (Å²) in [6.07, 6.45) is 10.5. The van der Waals surface area contributed by atoms with Crippen LogP contribution in [0.3, 0.4) is 0 Å². The molecule has 1 N–H and O–H groups in total.